The molecule has 0 unspecified atom stereocenters. The molecule has 32 heavy (non-hydrogen) atoms. The normalized spacial score (nSPS) is 15.4. The maximum Gasteiger partial charge on any atom is 0.344 e. The summed E-state index contributed by atoms with van der Waals surface area (Å²) in [6, 6.07) is 16.8. The van der Waals surface area contributed by atoms with Crippen LogP contribution in [0.5, 0.6) is 5.75 Å². The molecule has 2 aromatic heterocycles. The largest absolute Gasteiger partial charge is 0.439 e. The third-order valence-electron chi connectivity index (χ3n) is 5.59. The van der Waals surface area contributed by atoms with Crippen molar-refractivity contribution in [3.63, 3.8) is 0 Å². The number of aryl methyl sites for hydroxylation is 2. The molecule has 1 atom stereocenters. The molecule has 0 saturated carbocycles. The molecule has 0 bridgehead atoms. The van der Waals surface area contributed by atoms with Gasteiger partial charge in [-0.1, -0.05) is 41.4 Å². The van der Waals surface area contributed by atoms with Crippen molar-refractivity contribution in [3.8, 4) is 17.5 Å². The van der Waals surface area contributed by atoms with Crippen molar-refractivity contribution < 1.29 is 9.15 Å². The van der Waals surface area contributed by atoms with Crippen molar-refractivity contribution in [1.82, 2.24) is 9.78 Å². The van der Waals surface area contributed by atoms with Gasteiger partial charge in [0.15, 0.2) is 5.75 Å². The van der Waals surface area contributed by atoms with E-state index in [1.165, 1.54) is 0 Å². The van der Waals surface area contributed by atoms with Gasteiger partial charge >= 0.3 is 5.63 Å². The molecule has 0 fully saturated rings. The van der Waals surface area contributed by atoms with Gasteiger partial charge in [-0.15, -0.1) is 0 Å². The lowest BCUT2D eigenvalue weighted by atomic mass is 9.84. The number of hydrogen-bond acceptors (Lipinski definition) is 6. The van der Waals surface area contributed by atoms with Gasteiger partial charge in [0.05, 0.1) is 28.2 Å². The molecule has 0 aliphatic carbocycles. The predicted octanol–water partition coefficient (Wildman–Crippen LogP) is 4.47. The van der Waals surface area contributed by atoms with Crippen molar-refractivity contribution in [3.05, 3.63) is 97.9 Å². The van der Waals surface area contributed by atoms with Crippen LogP contribution in [0, 0.1) is 25.2 Å². The van der Waals surface area contributed by atoms with E-state index in [9.17, 15) is 10.1 Å². The Hall–Kier alpha value is -4.02. The highest BCUT2D eigenvalue weighted by atomic mass is 35.5. The standard InChI is InChI=1S/C24H17ClN4O3/c1-12-7-9-14(10-8-12)29-22(25)18(13(2)28-29)19-16(11-26)23(27)32-21-15-5-3-4-6-17(15)31-24(30)20(19)21/h3-10,19H,27H2,1-2H3/t19-/m1/s1. The number of allylic oxidation sites excluding steroid dienone is 1. The van der Waals surface area contributed by atoms with E-state index in [1.54, 1.807) is 35.9 Å². The van der Waals surface area contributed by atoms with Crippen molar-refractivity contribution in [2.75, 3.05) is 0 Å². The van der Waals surface area contributed by atoms with Crippen LogP contribution in [-0.4, -0.2) is 9.78 Å². The number of halogens is 1. The molecular weight excluding hydrogens is 428 g/mol. The van der Waals surface area contributed by atoms with E-state index in [0.29, 0.717) is 22.2 Å². The lowest BCUT2D eigenvalue weighted by Gasteiger charge is -2.25. The molecule has 8 heteroatoms. The molecule has 0 radical (unpaired) electrons. The van der Waals surface area contributed by atoms with E-state index in [2.05, 4.69) is 11.2 Å². The minimum absolute atomic E-state index is 0.0773. The maximum absolute atomic E-state index is 13.1. The van der Waals surface area contributed by atoms with Gasteiger partial charge in [-0.2, -0.15) is 10.4 Å². The summed E-state index contributed by atoms with van der Waals surface area (Å²) in [6.45, 7) is 3.76. The third kappa shape index (κ3) is 2.88. The van der Waals surface area contributed by atoms with Crippen LogP contribution in [0.2, 0.25) is 5.15 Å². The Kier molecular flexibility index (Phi) is 4.54. The predicted molar refractivity (Wildman–Crippen MR) is 120 cm³/mol. The van der Waals surface area contributed by atoms with Crippen LogP contribution in [-0.2, 0) is 0 Å². The Balaban J connectivity index is 1.81. The number of rotatable bonds is 2. The quantitative estimate of drug-likeness (QED) is 0.457. The Morgan fingerprint density at radius 1 is 1.12 bits per heavy atom. The molecule has 4 aromatic rings. The first-order valence-corrected chi connectivity index (χ1v) is 10.2. The van der Waals surface area contributed by atoms with E-state index < -0.39 is 11.5 Å². The van der Waals surface area contributed by atoms with Crippen LogP contribution in [0.15, 0.2) is 69.2 Å². The van der Waals surface area contributed by atoms with Crippen LogP contribution < -0.4 is 16.1 Å². The summed E-state index contributed by atoms with van der Waals surface area (Å²) in [6.07, 6.45) is 0. The van der Waals surface area contributed by atoms with E-state index in [-0.39, 0.29) is 27.9 Å². The van der Waals surface area contributed by atoms with Gasteiger partial charge in [0.2, 0.25) is 5.88 Å². The van der Waals surface area contributed by atoms with Crippen molar-refractivity contribution >= 4 is 22.6 Å². The van der Waals surface area contributed by atoms with Crippen LogP contribution in [0.3, 0.4) is 0 Å². The minimum Gasteiger partial charge on any atom is -0.439 e. The fourth-order valence-corrected chi connectivity index (χ4v) is 4.43. The molecule has 2 aromatic carbocycles. The number of nitriles is 1. The second-order valence-electron chi connectivity index (χ2n) is 7.59. The number of aromatic nitrogens is 2. The Morgan fingerprint density at radius 3 is 2.56 bits per heavy atom. The summed E-state index contributed by atoms with van der Waals surface area (Å²) in [4.78, 5) is 13.1. The number of ether oxygens (including phenoxy) is 1. The molecule has 0 amide bonds. The highest BCUT2D eigenvalue weighted by molar-refractivity contribution is 6.30. The maximum atomic E-state index is 13.1. The van der Waals surface area contributed by atoms with Crippen molar-refractivity contribution in [2.24, 2.45) is 5.73 Å². The van der Waals surface area contributed by atoms with Gasteiger partial charge in [0.25, 0.3) is 0 Å². The second-order valence-corrected chi connectivity index (χ2v) is 7.95. The molecule has 2 N–H and O–H groups in total. The van der Waals surface area contributed by atoms with E-state index in [1.807, 2.05) is 31.2 Å². The molecule has 1 aliphatic rings. The summed E-state index contributed by atoms with van der Waals surface area (Å²) in [5.74, 6) is -0.701. The first kappa shape index (κ1) is 19.9. The first-order chi connectivity index (χ1) is 15.4. The lowest BCUT2D eigenvalue weighted by Crippen LogP contribution is -2.26. The van der Waals surface area contributed by atoms with Gasteiger partial charge in [-0.05, 0) is 38.1 Å². The van der Waals surface area contributed by atoms with Crippen LogP contribution in [0.25, 0.3) is 16.7 Å². The van der Waals surface area contributed by atoms with Gasteiger partial charge in [-0.25, -0.2) is 9.48 Å². The summed E-state index contributed by atoms with van der Waals surface area (Å²) in [5.41, 5.74) is 9.03. The number of nitrogens with two attached hydrogens (primary N) is 1. The number of fused-ring (bicyclic) bond motifs is 3. The third-order valence-corrected chi connectivity index (χ3v) is 5.95. The molecule has 5 rings (SSSR count). The van der Waals surface area contributed by atoms with E-state index in [4.69, 9.17) is 26.5 Å². The van der Waals surface area contributed by atoms with E-state index in [0.717, 1.165) is 11.3 Å². The SMILES string of the molecule is Cc1ccc(-n2nc(C)c([C@H]3C(C#N)=C(N)Oc4c3c(=O)oc3ccccc43)c2Cl)cc1. The Labute approximate surface area is 187 Å². The summed E-state index contributed by atoms with van der Waals surface area (Å²) >= 11 is 6.80. The highest BCUT2D eigenvalue weighted by Crippen LogP contribution is 2.46. The number of hydrogen-bond donors (Lipinski definition) is 1. The Morgan fingerprint density at radius 2 is 1.84 bits per heavy atom. The zero-order chi connectivity index (χ0) is 22.6. The zero-order valence-corrected chi connectivity index (χ0v) is 18.0. The van der Waals surface area contributed by atoms with Gasteiger partial charge in [0.1, 0.15) is 22.4 Å². The second kappa shape index (κ2) is 7.29. The molecule has 1 aliphatic heterocycles. The lowest BCUT2D eigenvalue weighted by molar-refractivity contribution is 0.388. The first-order valence-electron chi connectivity index (χ1n) is 9.86. The van der Waals surface area contributed by atoms with Crippen LogP contribution in [0.4, 0.5) is 0 Å². The monoisotopic (exact) mass is 444 g/mol. The van der Waals surface area contributed by atoms with Gasteiger partial charge in [0, 0.05) is 5.56 Å². The number of nitrogens with zero attached hydrogens (tertiary/aromatic N) is 3. The molecule has 158 valence electrons. The van der Waals surface area contributed by atoms with Crippen LogP contribution in [0.1, 0.15) is 28.3 Å². The molecule has 3 heterocycles. The summed E-state index contributed by atoms with van der Waals surface area (Å²) in [7, 11) is 0. The molecular formula is C24H17ClN4O3. The zero-order valence-electron chi connectivity index (χ0n) is 17.2. The molecule has 0 spiro atoms. The smallest absolute Gasteiger partial charge is 0.344 e. The average Bonchev–Trinajstić information content (AvgIpc) is 3.07. The van der Waals surface area contributed by atoms with E-state index >= 15 is 0 Å². The molecule has 7 nitrogen and oxygen atoms in total. The average molecular weight is 445 g/mol. The topological polar surface area (TPSA) is 107 Å². The van der Waals surface area contributed by atoms with Gasteiger partial charge < -0.3 is 14.9 Å². The fraction of sp³-hybridized carbons (Fsp3) is 0.125. The van der Waals surface area contributed by atoms with Crippen LogP contribution >= 0.6 is 11.6 Å². The fourth-order valence-electron chi connectivity index (χ4n) is 4.05. The van der Waals surface area contributed by atoms with Crippen molar-refractivity contribution in [1.29, 1.82) is 5.26 Å². The van der Waals surface area contributed by atoms with Gasteiger partial charge in [-0.3, -0.25) is 0 Å². The minimum atomic E-state index is -0.878. The summed E-state index contributed by atoms with van der Waals surface area (Å²) < 4.78 is 12.9. The van der Waals surface area contributed by atoms with Crippen molar-refractivity contribution in [2.45, 2.75) is 19.8 Å². The number of benzene rings is 2. The number of para-hydroxylation sites is 1. The Bertz CT molecular complexity index is 1520. The molecule has 0 saturated heterocycles. The highest BCUT2D eigenvalue weighted by Gasteiger charge is 2.39. The summed E-state index contributed by atoms with van der Waals surface area (Å²) in [5, 5.41) is 15.3.